The number of imide groups is 1. The number of hydrogen-bond donors (Lipinski definition) is 2. The highest BCUT2D eigenvalue weighted by atomic mass is 19.1. The first kappa shape index (κ1) is 21.1. The number of halogens is 2. The molecule has 2 aromatic rings. The maximum absolute atomic E-state index is 14.0. The summed E-state index contributed by atoms with van der Waals surface area (Å²) in [6, 6.07) is 5.81. The minimum atomic E-state index is -1.83. The molecule has 8 nitrogen and oxygen atoms in total. The molecular formula is C22H17F2N3O5. The molecule has 1 fully saturated rings. The molecule has 10 heteroatoms. The number of hydrogen-bond acceptors (Lipinski definition) is 5. The summed E-state index contributed by atoms with van der Waals surface area (Å²) in [5, 5.41) is 4.53. The third-order valence-corrected chi connectivity index (χ3v) is 5.19. The van der Waals surface area contributed by atoms with Gasteiger partial charge in [-0.05, 0) is 23.8 Å². The van der Waals surface area contributed by atoms with Crippen molar-refractivity contribution < 1.29 is 32.6 Å². The highest BCUT2D eigenvalue weighted by Gasteiger charge is 2.48. The number of urea groups is 1. The second-order valence-electron chi connectivity index (χ2n) is 7.22. The minimum Gasteiger partial charge on any atom is -0.497 e. The van der Waals surface area contributed by atoms with Gasteiger partial charge in [0.2, 0.25) is 5.54 Å². The number of fused-ring (bicyclic) bond motifs is 1. The fourth-order valence-corrected chi connectivity index (χ4v) is 3.65. The Kier molecular flexibility index (Phi) is 5.18. The predicted octanol–water partition coefficient (Wildman–Crippen LogP) is 1.57. The van der Waals surface area contributed by atoms with Crippen LogP contribution in [0.3, 0.4) is 0 Å². The molecule has 1 atom stereocenters. The number of carbonyl (C=O) groups is 3. The molecule has 2 aliphatic rings. The van der Waals surface area contributed by atoms with Gasteiger partial charge >= 0.3 is 6.03 Å². The van der Waals surface area contributed by atoms with Crippen molar-refractivity contribution in [1.29, 1.82) is 0 Å². The van der Waals surface area contributed by atoms with Gasteiger partial charge in [0, 0.05) is 18.2 Å². The molecule has 2 N–H and O–H groups in total. The van der Waals surface area contributed by atoms with Gasteiger partial charge in [0.15, 0.2) is 11.6 Å². The van der Waals surface area contributed by atoms with Gasteiger partial charge in [0.25, 0.3) is 11.8 Å². The van der Waals surface area contributed by atoms with Gasteiger partial charge in [-0.1, -0.05) is 17.9 Å². The van der Waals surface area contributed by atoms with Crippen molar-refractivity contribution in [2.75, 3.05) is 20.8 Å². The van der Waals surface area contributed by atoms with Gasteiger partial charge in [-0.15, -0.1) is 0 Å². The lowest BCUT2D eigenvalue weighted by Crippen LogP contribution is -2.54. The van der Waals surface area contributed by atoms with Crippen LogP contribution in [-0.2, 0) is 11.3 Å². The van der Waals surface area contributed by atoms with Gasteiger partial charge in [0.05, 0.1) is 26.3 Å². The van der Waals surface area contributed by atoms with Gasteiger partial charge in [0.1, 0.15) is 11.6 Å². The number of amides is 4. The first-order chi connectivity index (χ1) is 15.3. The van der Waals surface area contributed by atoms with E-state index in [1.54, 1.807) is 18.2 Å². The Bertz CT molecular complexity index is 1220. The first-order valence-electron chi connectivity index (χ1n) is 9.42. The number of benzene rings is 2. The Morgan fingerprint density at radius 3 is 2.56 bits per heavy atom. The lowest BCUT2D eigenvalue weighted by Gasteiger charge is -2.26. The van der Waals surface area contributed by atoms with E-state index in [2.05, 4.69) is 22.5 Å². The molecule has 0 radical (unpaired) electrons. The van der Waals surface area contributed by atoms with Crippen molar-refractivity contribution in [3.63, 3.8) is 0 Å². The molecule has 0 aromatic heterocycles. The maximum atomic E-state index is 14.0. The molecule has 0 saturated carbocycles. The molecule has 2 heterocycles. The lowest BCUT2D eigenvalue weighted by atomic mass is 9.99. The van der Waals surface area contributed by atoms with Crippen molar-refractivity contribution in [3.8, 4) is 23.3 Å². The summed E-state index contributed by atoms with van der Waals surface area (Å²) in [6.45, 7) is -0.101. The summed E-state index contributed by atoms with van der Waals surface area (Å²) in [6.07, 6.45) is 0. The zero-order valence-corrected chi connectivity index (χ0v) is 17.0. The van der Waals surface area contributed by atoms with Crippen LogP contribution >= 0.6 is 0 Å². The van der Waals surface area contributed by atoms with Crippen molar-refractivity contribution in [1.82, 2.24) is 15.5 Å². The summed E-state index contributed by atoms with van der Waals surface area (Å²) in [7, 11) is 2.67. The number of rotatable bonds is 4. The smallest absolute Gasteiger partial charge is 0.323 e. The maximum Gasteiger partial charge on any atom is 0.323 e. The van der Waals surface area contributed by atoms with Crippen molar-refractivity contribution in [2.45, 2.75) is 12.1 Å². The molecule has 0 unspecified atom stereocenters. The average Bonchev–Trinajstić information content (AvgIpc) is 3.21. The molecule has 4 amide bonds. The zero-order valence-electron chi connectivity index (χ0n) is 17.0. The first-order valence-corrected chi connectivity index (χ1v) is 9.42. The van der Waals surface area contributed by atoms with E-state index in [-0.39, 0.29) is 30.3 Å². The number of methoxy groups -OCH3 is 2. The van der Waals surface area contributed by atoms with Gasteiger partial charge < -0.3 is 19.7 Å². The van der Waals surface area contributed by atoms with Crippen LogP contribution in [0.5, 0.6) is 11.5 Å². The van der Waals surface area contributed by atoms with Crippen molar-refractivity contribution in [3.05, 3.63) is 58.7 Å². The van der Waals surface area contributed by atoms with E-state index < -0.39 is 29.1 Å². The summed E-state index contributed by atoms with van der Waals surface area (Å²) in [5.74, 6) is 2.29. The highest BCUT2D eigenvalue weighted by Crippen LogP contribution is 2.29. The Hall–Kier alpha value is -4.13. The van der Waals surface area contributed by atoms with E-state index in [1.165, 1.54) is 19.1 Å². The molecule has 164 valence electrons. The van der Waals surface area contributed by atoms with Crippen LogP contribution in [0.2, 0.25) is 0 Å². The normalized spacial score (nSPS) is 19.1. The summed E-state index contributed by atoms with van der Waals surface area (Å²) in [5.41, 5.74) is -0.852. The van der Waals surface area contributed by atoms with Gasteiger partial charge in [-0.25, -0.2) is 13.6 Å². The van der Waals surface area contributed by atoms with Crippen LogP contribution in [0.4, 0.5) is 13.6 Å². The van der Waals surface area contributed by atoms with Crippen molar-refractivity contribution >= 4 is 17.8 Å². The van der Waals surface area contributed by atoms with Crippen LogP contribution in [0, 0.1) is 23.5 Å². The molecule has 0 spiro atoms. The Labute approximate surface area is 181 Å². The van der Waals surface area contributed by atoms with E-state index in [1.807, 2.05) is 0 Å². The second-order valence-corrected chi connectivity index (χ2v) is 7.22. The molecule has 0 aliphatic carbocycles. The summed E-state index contributed by atoms with van der Waals surface area (Å²) >= 11 is 0. The fraction of sp³-hybridized carbons (Fsp3) is 0.227. The van der Waals surface area contributed by atoms with E-state index in [0.29, 0.717) is 17.4 Å². The highest BCUT2D eigenvalue weighted by molar-refractivity contribution is 6.10. The van der Waals surface area contributed by atoms with Crippen LogP contribution in [-0.4, -0.2) is 49.0 Å². The number of nitrogens with zero attached hydrogens (tertiary/aromatic N) is 1. The molecule has 0 bridgehead atoms. The third-order valence-electron chi connectivity index (χ3n) is 5.19. The monoisotopic (exact) mass is 441 g/mol. The number of carbonyl (C=O) groups excluding carboxylic acids is 3. The predicted molar refractivity (Wildman–Crippen MR) is 107 cm³/mol. The Balaban J connectivity index is 1.70. The van der Waals surface area contributed by atoms with E-state index in [4.69, 9.17) is 9.47 Å². The van der Waals surface area contributed by atoms with E-state index in [9.17, 15) is 23.2 Å². The van der Waals surface area contributed by atoms with E-state index >= 15 is 0 Å². The van der Waals surface area contributed by atoms with Gasteiger partial charge in [-0.2, -0.15) is 0 Å². The zero-order chi connectivity index (χ0) is 23.0. The second kappa shape index (κ2) is 7.85. The topological polar surface area (TPSA) is 97.0 Å². The minimum absolute atomic E-state index is 0.154. The number of nitrogens with one attached hydrogen (secondary N) is 2. The molecule has 1 saturated heterocycles. The standard InChI is InChI=1S/C22H17F2N3O5/c1-31-15-4-3-13-10-27(19(28)16(13)9-15)11-22(20(29)25-21(30)26-22)6-5-12-7-14(23)8-17(24)18(12)32-2/h3-4,7-9H,10-11H2,1-2H3,(H2,25,26,29,30)/t22-/m1/s1. The van der Waals surface area contributed by atoms with Crippen LogP contribution < -0.4 is 20.1 Å². The van der Waals surface area contributed by atoms with Crippen LogP contribution in [0.15, 0.2) is 30.3 Å². The third kappa shape index (κ3) is 3.58. The summed E-state index contributed by atoms with van der Waals surface area (Å²) in [4.78, 5) is 38.8. The molecule has 4 rings (SSSR count). The average molecular weight is 441 g/mol. The quantitative estimate of drug-likeness (QED) is 0.555. The van der Waals surface area contributed by atoms with Crippen molar-refractivity contribution in [2.24, 2.45) is 0 Å². The Morgan fingerprint density at radius 2 is 1.91 bits per heavy atom. The Morgan fingerprint density at radius 1 is 1.12 bits per heavy atom. The SMILES string of the molecule is COc1ccc2c(c1)C(=O)N(C[C@@]1(C#Cc3cc(F)cc(F)c3OC)NC(=O)NC1=O)C2. The van der Waals surface area contributed by atoms with Gasteiger partial charge in [-0.3, -0.25) is 14.9 Å². The van der Waals surface area contributed by atoms with Crippen LogP contribution in [0.1, 0.15) is 21.5 Å². The fourth-order valence-electron chi connectivity index (χ4n) is 3.65. The number of ether oxygens (including phenoxy) is 2. The summed E-state index contributed by atoms with van der Waals surface area (Å²) < 4.78 is 37.8. The molecule has 2 aromatic carbocycles. The van der Waals surface area contributed by atoms with Crippen LogP contribution in [0.25, 0.3) is 0 Å². The molecule has 2 aliphatic heterocycles. The lowest BCUT2D eigenvalue weighted by molar-refractivity contribution is -0.122. The molecule has 32 heavy (non-hydrogen) atoms. The largest absolute Gasteiger partial charge is 0.497 e. The molecular weight excluding hydrogens is 424 g/mol. The van der Waals surface area contributed by atoms with E-state index in [0.717, 1.165) is 11.6 Å².